The molecule has 3 aromatic rings. The fourth-order valence-electron chi connectivity index (χ4n) is 6.80. The van der Waals surface area contributed by atoms with Gasteiger partial charge in [-0.1, -0.05) is 54.8 Å². The van der Waals surface area contributed by atoms with E-state index in [4.69, 9.17) is 16.3 Å². The molecular weight excluding hydrogens is 558 g/mol. The number of carbonyl (C=O) groups is 1. The summed E-state index contributed by atoms with van der Waals surface area (Å²) in [6.07, 6.45) is 10.3. The average Bonchev–Trinajstić information content (AvgIpc) is 3.68. The van der Waals surface area contributed by atoms with Crippen LogP contribution in [0.15, 0.2) is 66.9 Å². The smallest absolute Gasteiger partial charge is 0.226 e. The van der Waals surface area contributed by atoms with Crippen LogP contribution in [0.25, 0.3) is 5.57 Å². The first-order valence-electron chi connectivity index (χ1n) is 15.7. The molecule has 7 heteroatoms. The highest BCUT2D eigenvalue weighted by molar-refractivity contribution is 6.30. The average molecular weight is 600 g/mol. The predicted molar refractivity (Wildman–Crippen MR) is 171 cm³/mol. The number of pyridine rings is 1. The number of halogens is 1. The van der Waals surface area contributed by atoms with Crippen molar-refractivity contribution in [3.8, 4) is 5.75 Å². The van der Waals surface area contributed by atoms with Crippen LogP contribution < -0.4 is 4.74 Å². The maximum Gasteiger partial charge on any atom is 0.226 e. The number of hydrogen-bond acceptors (Lipinski definition) is 5. The lowest BCUT2D eigenvalue weighted by atomic mass is 9.90. The van der Waals surface area contributed by atoms with E-state index in [1.807, 2.05) is 62.5 Å². The van der Waals surface area contributed by atoms with E-state index < -0.39 is 5.60 Å². The Hall–Kier alpha value is -3.19. The zero-order valence-electron chi connectivity index (χ0n) is 25.3. The molecule has 2 aliphatic heterocycles. The van der Waals surface area contributed by atoms with Crippen LogP contribution in [0.2, 0.25) is 5.02 Å². The third kappa shape index (κ3) is 6.82. The van der Waals surface area contributed by atoms with Crippen molar-refractivity contribution in [1.82, 2.24) is 14.8 Å². The van der Waals surface area contributed by atoms with Gasteiger partial charge in [-0.15, -0.1) is 0 Å². The minimum Gasteiger partial charge on any atom is -0.487 e. The molecule has 1 atom stereocenters. The molecule has 1 amide bonds. The van der Waals surface area contributed by atoms with Crippen molar-refractivity contribution < 1.29 is 14.6 Å². The topological polar surface area (TPSA) is 65.9 Å². The van der Waals surface area contributed by atoms with Crippen molar-refractivity contribution in [2.24, 2.45) is 5.92 Å². The molecule has 3 aliphatic rings. The molecule has 1 saturated heterocycles. The van der Waals surface area contributed by atoms with Gasteiger partial charge in [-0.3, -0.25) is 9.78 Å². The van der Waals surface area contributed by atoms with E-state index in [1.165, 1.54) is 0 Å². The maximum atomic E-state index is 13.7. The molecule has 1 N–H and O–H groups in total. The maximum absolute atomic E-state index is 13.7. The Balaban J connectivity index is 1.19. The SMILES string of the molecule is CC(C)(O)c1ccc2c(c1)C(=CCCN1CC[C@H](N(Cc3ccc(Cl)cc3)C(=O)C3CCCC3)C1)c1cccnc1CO2. The Bertz CT molecular complexity index is 1470. The normalized spacial score (nSPS) is 20.0. The molecule has 6 rings (SSSR count). The second kappa shape index (κ2) is 12.8. The minimum absolute atomic E-state index is 0.158. The third-order valence-electron chi connectivity index (χ3n) is 9.26. The Labute approximate surface area is 260 Å². The van der Waals surface area contributed by atoms with Gasteiger partial charge in [0, 0.05) is 60.5 Å². The number of aromatic nitrogens is 1. The quantitative estimate of drug-likeness (QED) is 0.303. The highest BCUT2D eigenvalue weighted by Crippen LogP contribution is 2.39. The fraction of sp³-hybridized carbons (Fsp3) is 0.444. The van der Waals surface area contributed by atoms with Gasteiger partial charge in [-0.2, -0.15) is 0 Å². The van der Waals surface area contributed by atoms with Crippen LogP contribution in [0.3, 0.4) is 0 Å². The van der Waals surface area contributed by atoms with Gasteiger partial charge in [0.05, 0.1) is 11.3 Å². The van der Waals surface area contributed by atoms with Crippen molar-refractivity contribution in [1.29, 1.82) is 0 Å². The molecule has 1 aliphatic carbocycles. The number of amides is 1. The van der Waals surface area contributed by atoms with Crippen molar-refractivity contribution >= 4 is 23.1 Å². The molecule has 0 spiro atoms. The van der Waals surface area contributed by atoms with Crippen LogP contribution in [0, 0.1) is 5.92 Å². The zero-order chi connectivity index (χ0) is 30.0. The summed E-state index contributed by atoms with van der Waals surface area (Å²) >= 11 is 6.14. The highest BCUT2D eigenvalue weighted by atomic mass is 35.5. The number of benzene rings is 2. The minimum atomic E-state index is -0.956. The number of aliphatic hydroxyl groups is 1. The van der Waals surface area contributed by atoms with Crippen LogP contribution >= 0.6 is 11.6 Å². The van der Waals surface area contributed by atoms with Crippen LogP contribution in [0.4, 0.5) is 0 Å². The summed E-state index contributed by atoms with van der Waals surface area (Å²) in [5, 5.41) is 11.5. The first kappa shape index (κ1) is 29.9. The van der Waals surface area contributed by atoms with Gasteiger partial charge in [-0.25, -0.2) is 0 Å². The summed E-state index contributed by atoms with van der Waals surface area (Å²) in [6.45, 7) is 7.43. The summed E-state index contributed by atoms with van der Waals surface area (Å²) in [6, 6.07) is 18.2. The number of carbonyl (C=O) groups excluding carboxylic acids is 1. The van der Waals surface area contributed by atoms with Crippen molar-refractivity contribution in [2.75, 3.05) is 19.6 Å². The van der Waals surface area contributed by atoms with Gasteiger partial charge in [0.15, 0.2) is 0 Å². The Morgan fingerprint density at radius 2 is 1.91 bits per heavy atom. The molecule has 0 unspecified atom stereocenters. The van der Waals surface area contributed by atoms with Gasteiger partial charge in [0.2, 0.25) is 5.91 Å². The molecule has 3 heterocycles. The summed E-state index contributed by atoms with van der Waals surface area (Å²) in [5.74, 6) is 1.29. The standard InChI is InChI=1S/C36H42ClN3O3/c1-36(2,42)27-13-16-34-32(21-27)30(31-9-5-18-38-33(31)24-43-34)10-6-19-39-20-17-29(23-39)40(35(41)26-7-3-4-8-26)22-25-11-14-28(37)15-12-25/h5,9-16,18,21,26,29,42H,3-4,6-8,17,19-20,22-24H2,1-2H3/t29-/m0/s1. The molecule has 1 saturated carbocycles. The van der Waals surface area contributed by atoms with E-state index in [1.54, 1.807) is 0 Å². The monoisotopic (exact) mass is 599 g/mol. The lowest BCUT2D eigenvalue weighted by Gasteiger charge is -2.32. The van der Waals surface area contributed by atoms with E-state index in [-0.39, 0.29) is 12.0 Å². The zero-order valence-corrected chi connectivity index (χ0v) is 26.0. The van der Waals surface area contributed by atoms with Gasteiger partial charge >= 0.3 is 0 Å². The van der Waals surface area contributed by atoms with Gasteiger partial charge in [-0.05, 0) is 86.6 Å². The second-order valence-corrected chi connectivity index (χ2v) is 13.2. The largest absolute Gasteiger partial charge is 0.487 e. The highest BCUT2D eigenvalue weighted by Gasteiger charge is 2.35. The second-order valence-electron chi connectivity index (χ2n) is 12.8. The molecule has 0 bridgehead atoms. The number of hydrogen-bond donors (Lipinski definition) is 1. The van der Waals surface area contributed by atoms with E-state index in [0.717, 1.165) is 102 Å². The molecule has 43 heavy (non-hydrogen) atoms. The first-order valence-corrected chi connectivity index (χ1v) is 16.1. The molecule has 226 valence electrons. The first-order chi connectivity index (χ1) is 20.8. The van der Waals surface area contributed by atoms with E-state index in [2.05, 4.69) is 33.0 Å². The Morgan fingerprint density at radius 3 is 2.67 bits per heavy atom. The molecule has 1 aromatic heterocycles. The summed E-state index contributed by atoms with van der Waals surface area (Å²) < 4.78 is 6.17. The lowest BCUT2D eigenvalue weighted by molar-refractivity contribution is -0.138. The van der Waals surface area contributed by atoms with Crippen molar-refractivity contribution in [2.45, 2.75) is 77.2 Å². The van der Waals surface area contributed by atoms with Crippen LogP contribution in [0.5, 0.6) is 5.75 Å². The van der Waals surface area contributed by atoms with E-state index in [9.17, 15) is 9.90 Å². The summed E-state index contributed by atoms with van der Waals surface area (Å²) in [5.41, 5.74) is 5.10. The van der Waals surface area contributed by atoms with Gasteiger partial charge in [0.1, 0.15) is 12.4 Å². The number of likely N-dealkylation sites (tertiary alicyclic amines) is 1. The molecule has 6 nitrogen and oxygen atoms in total. The van der Waals surface area contributed by atoms with Crippen molar-refractivity contribution in [3.05, 3.63) is 99.8 Å². The fourth-order valence-corrected chi connectivity index (χ4v) is 6.92. The third-order valence-corrected chi connectivity index (χ3v) is 9.51. The molecular formula is C36H42ClN3O3. The Morgan fingerprint density at radius 1 is 1.12 bits per heavy atom. The van der Waals surface area contributed by atoms with E-state index >= 15 is 0 Å². The Kier molecular flexibility index (Phi) is 8.90. The van der Waals surface area contributed by atoms with Gasteiger partial charge < -0.3 is 19.6 Å². The van der Waals surface area contributed by atoms with E-state index in [0.29, 0.717) is 19.1 Å². The van der Waals surface area contributed by atoms with Crippen LogP contribution in [-0.2, 0) is 23.5 Å². The molecule has 0 radical (unpaired) electrons. The number of fused-ring (bicyclic) bond motifs is 2. The van der Waals surface area contributed by atoms with Crippen LogP contribution in [0.1, 0.15) is 80.3 Å². The van der Waals surface area contributed by atoms with Gasteiger partial charge in [0.25, 0.3) is 0 Å². The molecule has 2 fully saturated rings. The van der Waals surface area contributed by atoms with Crippen LogP contribution in [-0.4, -0.2) is 51.5 Å². The number of rotatable bonds is 8. The number of nitrogens with zero attached hydrogens (tertiary/aromatic N) is 3. The lowest BCUT2D eigenvalue weighted by Crippen LogP contribution is -2.44. The predicted octanol–water partition coefficient (Wildman–Crippen LogP) is 6.97. The summed E-state index contributed by atoms with van der Waals surface area (Å²) in [7, 11) is 0. The molecule has 2 aromatic carbocycles. The van der Waals surface area contributed by atoms with Crippen molar-refractivity contribution in [3.63, 3.8) is 0 Å². The summed E-state index contributed by atoms with van der Waals surface area (Å²) in [4.78, 5) is 23.0. The number of ether oxygens (including phenoxy) is 1.